The lowest BCUT2D eigenvalue weighted by Crippen LogP contribution is -2.32. The number of esters is 1. The van der Waals surface area contributed by atoms with E-state index in [1.165, 1.54) is 6.21 Å². The number of nitrogens with zero attached hydrogens (tertiary/aromatic N) is 1. The summed E-state index contributed by atoms with van der Waals surface area (Å²) in [6.07, 6.45) is 1.32. The molecule has 0 spiro atoms. The third kappa shape index (κ3) is 5.28. The van der Waals surface area contributed by atoms with Crippen molar-refractivity contribution in [2.45, 2.75) is 0 Å². The molecule has 168 valence electrons. The molecule has 0 heterocycles. The van der Waals surface area contributed by atoms with E-state index in [0.717, 1.165) is 10.8 Å². The Morgan fingerprint density at radius 2 is 1.50 bits per heavy atom. The maximum Gasteiger partial charge on any atom is 0.345 e. The highest BCUT2D eigenvalue weighted by molar-refractivity contribution is 6.39. The Morgan fingerprint density at radius 1 is 0.794 bits per heavy atom. The summed E-state index contributed by atoms with van der Waals surface area (Å²) >= 11 is 6.11. The summed E-state index contributed by atoms with van der Waals surface area (Å²) in [6.45, 7) is 0. The second kappa shape index (κ2) is 10.4. The highest BCUT2D eigenvalue weighted by atomic mass is 35.5. The number of rotatable bonds is 5. The number of amides is 2. The first-order chi connectivity index (χ1) is 16.5. The number of benzene rings is 4. The summed E-state index contributed by atoms with van der Waals surface area (Å²) in [7, 11) is 0. The number of carbonyl (C=O) groups excluding carboxylic acids is 3. The molecular weight excluding hydrogens is 454 g/mol. The van der Waals surface area contributed by atoms with Crippen LogP contribution in [0.2, 0.25) is 5.02 Å². The fourth-order valence-corrected chi connectivity index (χ4v) is 3.41. The molecule has 34 heavy (non-hydrogen) atoms. The number of fused-ring (bicyclic) bond motifs is 1. The van der Waals surface area contributed by atoms with Crippen LogP contribution in [0.3, 0.4) is 0 Å². The van der Waals surface area contributed by atoms with Crippen molar-refractivity contribution in [3.8, 4) is 5.75 Å². The molecule has 2 N–H and O–H groups in total. The average Bonchev–Trinajstić information content (AvgIpc) is 2.85. The number of para-hydroxylation sites is 1. The van der Waals surface area contributed by atoms with Crippen molar-refractivity contribution >= 4 is 52.1 Å². The van der Waals surface area contributed by atoms with Gasteiger partial charge < -0.3 is 10.1 Å². The predicted molar refractivity (Wildman–Crippen MR) is 131 cm³/mol. The van der Waals surface area contributed by atoms with Gasteiger partial charge in [-0.1, -0.05) is 72.3 Å². The number of ether oxygens (including phenoxy) is 1. The molecular formula is C26H18ClN3O4. The molecule has 0 aromatic heterocycles. The van der Waals surface area contributed by atoms with Crippen LogP contribution in [-0.2, 0) is 9.59 Å². The third-order valence-electron chi connectivity index (χ3n) is 4.82. The molecule has 4 aromatic carbocycles. The minimum absolute atomic E-state index is 0.214. The van der Waals surface area contributed by atoms with Gasteiger partial charge in [0.15, 0.2) is 0 Å². The molecule has 0 radical (unpaired) electrons. The van der Waals surface area contributed by atoms with Crippen LogP contribution in [0.25, 0.3) is 10.8 Å². The van der Waals surface area contributed by atoms with E-state index in [0.29, 0.717) is 11.3 Å². The summed E-state index contributed by atoms with van der Waals surface area (Å²) in [5.41, 5.74) is 3.34. The number of anilines is 1. The summed E-state index contributed by atoms with van der Waals surface area (Å²) in [6, 6.07) is 26.0. The minimum atomic E-state index is -0.949. The van der Waals surface area contributed by atoms with Crippen molar-refractivity contribution in [2.75, 3.05) is 5.32 Å². The predicted octanol–water partition coefficient (Wildman–Crippen LogP) is 4.80. The van der Waals surface area contributed by atoms with Crippen molar-refractivity contribution in [1.82, 2.24) is 5.43 Å². The Bertz CT molecular complexity index is 1400. The molecule has 0 saturated heterocycles. The number of nitrogens with one attached hydrogen (secondary N) is 2. The summed E-state index contributed by atoms with van der Waals surface area (Å²) in [5, 5.41) is 8.25. The van der Waals surface area contributed by atoms with Gasteiger partial charge in [-0.25, -0.2) is 10.2 Å². The van der Waals surface area contributed by atoms with E-state index < -0.39 is 17.8 Å². The molecule has 0 aliphatic carbocycles. The van der Waals surface area contributed by atoms with E-state index in [-0.39, 0.29) is 16.3 Å². The van der Waals surface area contributed by atoms with Gasteiger partial charge in [0, 0.05) is 11.3 Å². The van der Waals surface area contributed by atoms with E-state index in [1.807, 2.05) is 24.3 Å². The second-order valence-electron chi connectivity index (χ2n) is 7.09. The molecule has 4 aromatic rings. The Labute approximate surface area is 200 Å². The Kier molecular flexibility index (Phi) is 6.95. The van der Waals surface area contributed by atoms with E-state index in [1.54, 1.807) is 66.7 Å². The van der Waals surface area contributed by atoms with Crippen LogP contribution in [0.5, 0.6) is 5.75 Å². The van der Waals surface area contributed by atoms with Gasteiger partial charge in [0.1, 0.15) is 5.75 Å². The SMILES string of the molecule is O=C(N/N=C/c1c(OC(=O)c2ccccc2Cl)ccc2ccccc12)C(=O)Nc1ccccc1. The molecule has 7 nitrogen and oxygen atoms in total. The van der Waals surface area contributed by atoms with Crippen LogP contribution >= 0.6 is 11.6 Å². The summed E-state index contributed by atoms with van der Waals surface area (Å²) in [5.74, 6) is -2.24. The van der Waals surface area contributed by atoms with Crippen LogP contribution in [-0.4, -0.2) is 24.0 Å². The van der Waals surface area contributed by atoms with Crippen LogP contribution in [0.4, 0.5) is 5.69 Å². The lowest BCUT2D eigenvalue weighted by atomic mass is 10.0. The number of hydrogen-bond acceptors (Lipinski definition) is 5. The highest BCUT2D eigenvalue weighted by Gasteiger charge is 2.16. The molecule has 0 bridgehead atoms. The van der Waals surface area contributed by atoms with Gasteiger partial charge in [-0.2, -0.15) is 5.10 Å². The first kappa shape index (κ1) is 22.7. The number of carbonyl (C=O) groups is 3. The second-order valence-corrected chi connectivity index (χ2v) is 7.49. The maximum absolute atomic E-state index is 12.7. The lowest BCUT2D eigenvalue weighted by molar-refractivity contribution is -0.136. The van der Waals surface area contributed by atoms with Gasteiger partial charge in [0.25, 0.3) is 0 Å². The zero-order valence-electron chi connectivity index (χ0n) is 17.7. The van der Waals surface area contributed by atoms with Gasteiger partial charge >= 0.3 is 17.8 Å². The van der Waals surface area contributed by atoms with Gasteiger partial charge in [-0.15, -0.1) is 0 Å². The first-order valence-electron chi connectivity index (χ1n) is 10.2. The standard InChI is InChI=1S/C26H18ClN3O4/c27-22-13-7-6-12-20(22)26(33)34-23-15-14-17-8-4-5-11-19(17)21(23)16-28-30-25(32)24(31)29-18-9-2-1-3-10-18/h1-16H,(H,29,31)(H,30,32)/b28-16+. The first-order valence-corrected chi connectivity index (χ1v) is 10.6. The monoisotopic (exact) mass is 471 g/mol. The summed E-state index contributed by atoms with van der Waals surface area (Å²) < 4.78 is 5.60. The molecule has 0 atom stereocenters. The topological polar surface area (TPSA) is 96.9 Å². The van der Waals surface area contributed by atoms with Crippen molar-refractivity contribution in [2.24, 2.45) is 5.10 Å². The van der Waals surface area contributed by atoms with Gasteiger partial charge in [-0.05, 0) is 41.1 Å². The zero-order chi connectivity index (χ0) is 23.9. The number of halogens is 1. The molecule has 0 aliphatic rings. The van der Waals surface area contributed by atoms with E-state index in [4.69, 9.17) is 16.3 Å². The number of hydrazone groups is 1. The Balaban J connectivity index is 1.56. The van der Waals surface area contributed by atoms with Crippen LogP contribution in [0.1, 0.15) is 15.9 Å². The molecule has 8 heteroatoms. The van der Waals surface area contributed by atoms with Gasteiger partial charge in [0.05, 0.1) is 16.8 Å². The third-order valence-corrected chi connectivity index (χ3v) is 5.15. The Hall–Kier alpha value is -4.49. The largest absolute Gasteiger partial charge is 0.422 e. The molecule has 0 fully saturated rings. The highest BCUT2D eigenvalue weighted by Crippen LogP contribution is 2.28. The normalized spacial score (nSPS) is 10.7. The fourth-order valence-electron chi connectivity index (χ4n) is 3.19. The maximum atomic E-state index is 12.7. The van der Waals surface area contributed by atoms with E-state index >= 15 is 0 Å². The van der Waals surface area contributed by atoms with Crippen molar-refractivity contribution in [3.05, 3.63) is 107 Å². The van der Waals surface area contributed by atoms with Crippen LogP contribution in [0, 0.1) is 0 Å². The van der Waals surface area contributed by atoms with Gasteiger partial charge in [-0.3, -0.25) is 9.59 Å². The summed E-state index contributed by atoms with van der Waals surface area (Å²) in [4.78, 5) is 36.9. The van der Waals surface area contributed by atoms with Crippen LogP contribution in [0.15, 0.2) is 96.1 Å². The molecule has 4 rings (SSSR count). The molecule has 0 unspecified atom stereocenters. The fraction of sp³-hybridized carbons (Fsp3) is 0. The van der Waals surface area contributed by atoms with E-state index in [9.17, 15) is 14.4 Å². The molecule has 2 amide bonds. The lowest BCUT2D eigenvalue weighted by Gasteiger charge is -2.11. The van der Waals surface area contributed by atoms with Crippen molar-refractivity contribution in [3.63, 3.8) is 0 Å². The zero-order valence-corrected chi connectivity index (χ0v) is 18.5. The smallest absolute Gasteiger partial charge is 0.345 e. The van der Waals surface area contributed by atoms with Gasteiger partial charge in [0.2, 0.25) is 0 Å². The average molecular weight is 472 g/mol. The van der Waals surface area contributed by atoms with Crippen molar-refractivity contribution in [1.29, 1.82) is 0 Å². The van der Waals surface area contributed by atoms with Crippen LogP contribution < -0.4 is 15.5 Å². The van der Waals surface area contributed by atoms with E-state index in [2.05, 4.69) is 15.8 Å². The quantitative estimate of drug-likeness (QED) is 0.144. The minimum Gasteiger partial charge on any atom is -0.422 e. The molecule has 0 aliphatic heterocycles. The van der Waals surface area contributed by atoms with Crippen molar-refractivity contribution < 1.29 is 19.1 Å². The Morgan fingerprint density at radius 3 is 2.29 bits per heavy atom. The molecule has 0 saturated carbocycles. The number of hydrogen-bond donors (Lipinski definition) is 2.